The zero-order valence-electron chi connectivity index (χ0n) is 9.89. The first-order valence-electron chi connectivity index (χ1n) is 5.03. The van der Waals surface area contributed by atoms with Crippen molar-refractivity contribution in [1.29, 1.82) is 0 Å². The number of carbonyl (C=O) groups excluding carboxylic acids is 1. The van der Waals surface area contributed by atoms with Crippen LogP contribution >= 0.6 is 11.8 Å². The lowest BCUT2D eigenvalue weighted by Gasteiger charge is -1.98. The van der Waals surface area contributed by atoms with E-state index in [0.29, 0.717) is 5.92 Å². The molecule has 0 N–H and O–H groups in total. The molecule has 2 heteroatoms. The molecule has 0 radical (unpaired) electrons. The van der Waals surface area contributed by atoms with Gasteiger partial charge in [-0.1, -0.05) is 52.8 Å². The molecule has 0 aromatic rings. The minimum Gasteiger partial charge on any atom is -0.288 e. The van der Waals surface area contributed by atoms with Gasteiger partial charge in [-0.05, 0) is 11.8 Å². The normalized spacial score (nSPS) is 9.85. The van der Waals surface area contributed by atoms with Crippen LogP contribution in [-0.2, 0) is 4.79 Å². The van der Waals surface area contributed by atoms with Gasteiger partial charge in [0.25, 0.3) is 0 Å². The number of carbonyl (C=O) groups is 1. The van der Waals surface area contributed by atoms with Gasteiger partial charge in [0.15, 0.2) is 5.12 Å². The van der Waals surface area contributed by atoms with Crippen molar-refractivity contribution in [2.45, 2.75) is 48.0 Å². The Kier molecular flexibility index (Phi) is 12.0. The fraction of sp³-hybridized carbons (Fsp3) is 0.909. The summed E-state index contributed by atoms with van der Waals surface area (Å²) in [5.74, 6) is 2.47. The zero-order valence-corrected chi connectivity index (χ0v) is 10.7. The van der Waals surface area contributed by atoms with Crippen LogP contribution in [0.3, 0.4) is 0 Å². The molecule has 0 atom stereocenters. The van der Waals surface area contributed by atoms with E-state index in [1.807, 2.05) is 0 Å². The molecule has 0 aromatic carbocycles. The highest BCUT2D eigenvalue weighted by molar-refractivity contribution is 8.13. The third-order valence-electron chi connectivity index (χ3n) is 1.44. The van der Waals surface area contributed by atoms with E-state index in [1.165, 1.54) is 18.2 Å². The van der Waals surface area contributed by atoms with Crippen molar-refractivity contribution in [1.82, 2.24) is 0 Å². The summed E-state index contributed by atoms with van der Waals surface area (Å²) in [6, 6.07) is 0. The topological polar surface area (TPSA) is 17.1 Å². The summed E-state index contributed by atoms with van der Waals surface area (Å²) in [5.41, 5.74) is 0. The van der Waals surface area contributed by atoms with Gasteiger partial charge in [-0.3, -0.25) is 4.79 Å². The number of rotatable bonds is 3. The second kappa shape index (κ2) is 10.1. The van der Waals surface area contributed by atoms with Crippen molar-refractivity contribution in [3.8, 4) is 0 Å². The molecule has 0 unspecified atom stereocenters. The smallest absolute Gasteiger partial charge is 0.185 e. The van der Waals surface area contributed by atoms with Crippen molar-refractivity contribution in [2.24, 2.45) is 11.8 Å². The van der Waals surface area contributed by atoms with Gasteiger partial charge in [0.05, 0.1) is 0 Å². The second-order valence-corrected chi connectivity index (χ2v) is 5.20. The maximum absolute atomic E-state index is 10.3. The van der Waals surface area contributed by atoms with Gasteiger partial charge in [-0.2, -0.15) is 0 Å². The molecule has 0 amide bonds. The minimum absolute atomic E-state index is 0.221. The predicted molar refractivity (Wildman–Crippen MR) is 63.1 cm³/mol. The molecule has 0 aliphatic rings. The summed E-state index contributed by atoms with van der Waals surface area (Å²) in [4.78, 5) is 10.3. The zero-order chi connectivity index (χ0) is 10.9. The second-order valence-electron chi connectivity index (χ2n) is 4.00. The van der Waals surface area contributed by atoms with E-state index >= 15 is 0 Å². The Hall–Kier alpha value is 0.0200. The molecule has 0 aromatic heterocycles. The molecule has 0 saturated heterocycles. The van der Waals surface area contributed by atoms with E-state index < -0.39 is 0 Å². The summed E-state index contributed by atoms with van der Waals surface area (Å²) in [7, 11) is 0. The Balaban J connectivity index is 0. The Morgan fingerprint density at radius 3 is 1.62 bits per heavy atom. The van der Waals surface area contributed by atoms with Crippen LogP contribution in [0.5, 0.6) is 0 Å². The van der Waals surface area contributed by atoms with Gasteiger partial charge in [-0.15, -0.1) is 0 Å². The Morgan fingerprint density at radius 1 is 1.15 bits per heavy atom. The maximum Gasteiger partial charge on any atom is 0.185 e. The standard InChI is InChI=1S/C6H12OS.C5H12/c1-5(2)4-8-6(3)7;1-4-5(2)3/h5H,4H2,1-3H3;5H,4H2,1-3H3. The summed E-state index contributed by atoms with van der Waals surface area (Å²) in [6.07, 6.45) is 1.31. The molecular weight excluding hydrogens is 180 g/mol. The van der Waals surface area contributed by atoms with Crippen LogP contribution in [0.15, 0.2) is 0 Å². The Bertz CT molecular complexity index is 119. The molecule has 0 bridgehead atoms. The molecule has 0 aliphatic heterocycles. The predicted octanol–water partition coefficient (Wildman–Crippen LogP) is 3.97. The van der Waals surface area contributed by atoms with Crippen LogP contribution in [0.25, 0.3) is 0 Å². The van der Waals surface area contributed by atoms with Gasteiger partial charge in [-0.25, -0.2) is 0 Å². The molecule has 0 fully saturated rings. The van der Waals surface area contributed by atoms with E-state index in [1.54, 1.807) is 6.92 Å². The molecule has 0 heterocycles. The molecule has 0 saturated carbocycles. The first kappa shape index (κ1) is 15.5. The average molecular weight is 204 g/mol. The van der Waals surface area contributed by atoms with Crippen LogP contribution in [-0.4, -0.2) is 10.9 Å². The highest BCUT2D eigenvalue weighted by atomic mass is 32.2. The van der Waals surface area contributed by atoms with Crippen LogP contribution in [0.2, 0.25) is 0 Å². The van der Waals surface area contributed by atoms with Crippen LogP contribution in [0.4, 0.5) is 0 Å². The number of thioether (sulfide) groups is 1. The third kappa shape index (κ3) is 24.5. The van der Waals surface area contributed by atoms with Gasteiger partial charge < -0.3 is 0 Å². The van der Waals surface area contributed by atoms with E-state index in [2.05, 4.69) is 34.6 Å². The quantitative estimate of drug-likeness (QED) is 0.692. The number of hydrogen-bond donors (Lipinski definition) is 0. The van der Waals surface area contributed by atoms with Crippen molar-refractivity contribution < 1.29 is 4.79 Å². The highest BCUT2D eigenvalue weighted by Gasteiger charge is 1.95. The third-order valence-corrected chi connectivity index (χ3v) is 2.68. The van der Waals surface area contributed by atoms with E-state index in [0.717, 1.165) is 11.7 Å². The first-order valence-corrected chi connectivity index (χ1v) is 6.02. The lowest BCUT2D eigenvalue weighted by molar-refractivity contribution is -0.109. The van der Waals surface area contributed by atoms with Crippen LogP contribution in [0, 0.1) is 11.8 Å². The summed E-state index contributed by atoms with van der Waals surface area (Å²) in [5, 5.41) is 0.221. The molecule has 1 nitrogen and oxygen atoms in total. The van der Waals surface area contributed by atoms with E-state index in [-0.39, 0.29) is 5.12 Å². The van der Waals surface area contributed by atoms with Gasteiger partial charge in [0.2, 0.25) is 0 Å². The first-order chi connectivity index (χ1) is 5.90. The summed E-state index contributed by atoms with van der Waals surface area (Å²) >= 11 is 1.40. The lowest BCUT2D eigenvalue weighted by Crippen LogP contribution is -1.93. The Labute approximate surface area is 87.7 Å². The number of hydrogen-bond acceptors (Lipinski definition) is 2. The lowest BCUT2D eigenvalue weighted by atomic mass is 10.2. The fourth-order valence-electron chi connectivity index (χ4n) is 0.284. The molecule has 0 rings (SSSR count). The summed E-state index contributed by atoms with van der Waals surface area (Å²) < 4.78 is 0. The SMILES string of the molecule is CC(=O)SCC(C)C.CCC(C)C. The highest BCUT2D eigenvalue weighted by Crippen LogP contribution is 2.06. The summed E-state index contributed by atoms with van der Waals surface area (Å²) in [6.45, 7) is 12.5. The van der Waals surface area contributed by atoms with Gasteiger partial charge >= 0.3 is 0 Å². The minimum atomic E-state index is 0.221. The molecule has 0 spiro atoms. The molecule has 80 valence electrons. The fourth-order valence-corrected chi connectivity index (χ4v) is 0.852. The molecule has 13 heavy (non-hydrogen) atoms. The maximum atomic E-state index is 10.3. The molecular formula is C11H24OS. The van der Waals surface area contributed by atoms with Gasteiger partial charge in [0.1, 0.15) is 0 Å². The largest absolute Gasteiger partial charge is 0.288 e. The van der Waals surface area contributed by atoms with Crippen molar-refractivity contribution in [2.75, 3.05) is 5.75 Å². The van der Waals surface area contributed by atoms with Crippen molar-refractivity contribution >= 4 is 16.9 Å². The van der Waals surface area contributed by atoms with Crippen molar-refractivity contribution in [3.63, 3.8) is 0 Å². The monoisotopic (exact) mass is 204 g/mol. The van der Waals surface area contributed by atoms with E-state index in [4.69, 9.17) is 0 Å². The van der Waals surface area contributed by atoms with Crippen LogP contribution < -0.4 is 0 Å². The van der Waals surface area contributed by atoms with Gasteiger partial charge in [0, 0.05) is 12.7 Å². The molecule has 0 aliphatic carbocycles. The van der Waals surface area contributed by atoms with Crippen molar-refractivity contribution in [3.05, 3.63) is 0 Å². The average Bonchev–Trinajstić information content (AvgIpc) is 2.02. The Morgan fingerprint density at radius 2 is 1.54 bits per heavy atom. The van der Waals surface area contributed by atoms with Crippen LogP contribution in [0.1, 0.15) is 48.0 Å². The van der Waals surface area contributed by atoms with E-state index in [9.17, 15) is 4.79 Å².